The van der Waals surface area contributed by atoms with Crippen molar-refractivity contribution in [3.63, 3.8) is 0 Å². The van der Waals surface area contributed by atoms with E-state index in [9.17, 15) is 18.0 Å². The van der Waals surface area contributed by atoms with Crippen molar-refractivity contribution < 1.29 is 13.2 Å². The molecule has 26 heavy (non-hydrogen) atoms. The Hall–Kier alpha value is -1.74. The lowest BCUT2D eigenvalue weighted by Crippen LogP contribution is -2.49. The van der Waals surface area contributed by atoms with Crippen molar-refractivity contribution in [1.82, 2.24) is 18.8 Å². The van der Waals surface area contributed by atoms with Crippen LogP contribution in [0.1, 0.15) is 44.4 Å². The molecule has 3 rings (SSSR count). The van der Waals surface area contributed by atoms with Crippen molar-refractivity contribution in [2.45, 2.75) is 64.7 Å². The summed E-state index contributed by atoms with van der Waals surface area (Å²) in [7, 11) is -3.31. The van der Waals surface area contributed by atoms with Gasteiger partial charge in [0, 0.05) is 24.2 Å². The highest BCUT2D eigenvalue weighted by Gasteiger charge is 2.30. The number of carbonyl (C=O) groups is 1. The predicted molar refractivity (Wildman–Crippen MR) is 97.1 cm³/mol. The zero-order chi connectivity index (χ0) is 19.1. The number of sulfonamides is 1. The van der Waals surface area contributed by atoms with Gasteiger partial charge in [-0.2, -0.15) is 4.31 Å². The molecule has 9 heteroatoms. The number of aromatic nitrogens is 2. The van der Waals surface area contributed by atoms with Crippen molar-refractivity contribution in [3.05, 3.63) is 27.9 Å². The normalized spacial score (nSPS) is 24.3. The van der Waals surface area contributed by atoms with Gasteiger partial charge in [0.15, 0.2) is 0 Å². The summed E-state index contributed by atoms with van der Waals surface area (Å²) in [4.78, 5) is 31.6. The molecule has 1 fully saturated rings. The lowest BCUT2D eigenvalue weighted by atomic mass is 9.97. The fraction of sp³-hybridized carbons (Fsp3) is 0.706. The molecule has 3 heterocycles. The first-order valence-corrected chi connectivity index (χ1v) is 10.9. The van der Waals surface area contributed by atoms with Gasteiger partial charge in [-0.3, -0.25) is 14.2 Å². The van der Waals surface area contributed by atoms with E-state index < -0.39 is 10.0 Å². The number of nitrogens with zero attached hydrogens (tertiary/aromatic N) is 4. The monoisotopic (exact) mass is 382 g/mol. The highest BCUT2D eigenvalue weighted by atomic mass is 32.2. The summed E-state index contributed by atoms with van der Waals surface area (Å²) in [5.41, 5.74) is 0.754. The first-order valence-electron chi connectivity index (χ1n) is 9.02. The molecule has 1 saturated heterocycles. The number of hydrogen-bond acceptors (Lipinski definition) is 5. The fourth-order valence-electron chi connectivity index (χ4n) is 3.97. The van der Waals surface area contributed by atoms with Gasteiger partial charge >= 0.3 is 0 Å². The number of carbonyl (C=O) groups excluding carboxylic acids is 1. The van der Waals surface area contributed by atoms with Crippen LogP contribution in [0, 0.1) is 0 Å². The highest BCUT2D eigenvalue weighted by molar-refractivity contribution is 7.88. The largest absolute Gasteiger partial charge is 0.336 e. The Balaban J connectivity index is 1.81. The third-order valence-electron chi connectivity index (χ3n) is 5.41. The standard InChI is InChI=1S/C17H26N4O4S/c1-12-5-4-6-13(2)21(12)16(22)10-19-11-18-15-9-20(26(3,24)25)8-7-14(15)17(19)23/h11-13H,4-10H2,1-3H3. The van der Waals surface area contributed by atoms with Gasteiger partial charge in [0.2, 0.25) is 15.9 Å². The lowest BCUT2D eigenvalue weighted by Gasteiger charge is -2.39. The molecule has 0 spiro atoms. The van der Waals surface area contributed by atoms with E-state index in [4.69, 9.17) is 0 Å². The van der Waals surface area contributed by atoms with E-state index in [1.807, 2.05) is 18.7 Å². The van der Waals surface area contributed by atoms with Crippen molar-refractivity contribution in [2.75, 3.05) is 12.8 Å². The second kappa shape index (κ2) is 7.11. The molecular weight excluding hydrogens is 356 g/mol. The molecule has 2 aliphatic rings. The van der Waals surface area contributed by atoms with Crippen molar-refractivity contribution >= 4 is 15.9 Å². The van der Waals surface area contributed by atoms with Crippen molar-refractivity contribution in [1.29, 1.82) is 0 Å². The SMILES string of the molecule is CC1CCCC(C)N1C(=O)Cn1cnc2c(c1=O)CCN(S(C)(=O)=O)C2. The molecule has 0 aromatic carbocycles. The van der Waals surface area contributed by atoms with Crippen LogP contribution in [-0.4, -0.2) is 58.0 Å². The second-order valence-electron chi connectivity index (χ2n) is 7.38. The summed E-state index contributed by atoms with van der Waals surface area (Å²) in [6.45, 7) is 4.44. The van der Waals surface area contributed by atoms with Crippen LogP contribution in [0.2, 0.25) is 0 Å². The van der Waals surface area contributed by atoms with Crippen LogP contribution in [0.15, 0.2) is 11.1 Å². The average Bonchev–Trinajstić information content (AvgIpc) is 2.56. The first-order chi connectivity index (χ1) is 12.2. The quantitative estimate of drug-likeness (QED) is 0.752. The molecule has 144 valence electrons. The molecule has 0 aliphatic carbocycles. The molecular formula is C17H26N4O4S. The van der Waals surface area contributed by atoms with Crippen LogP contribution in [-0.2, 0) is 34.3 Å². The minimum atomic E-state index is -3.31. The van der Waals surface area contributed by atoms with Gasteiger partial charge in [0.05, 0.1) is 24.8 Å². The van der Waals surface area contributed by atoms with Gasteiger partial charge in [0.1, 0.15) is 6.54 Å². The third kappa shape index (κ3) is 3.68. The fourth-order valence-corrected chi connectivity index (χ4v) is 4.75. The maximum absolute atomic E-state index is 12.7. The minimum Gasteiger partial charge on any atom is -0.336 e. The summed E-state index contributed by atoms with van der Waals surface area (Å²) < 4.78 is 26.1. The van der Waals surface area contributed by atoms with Crippen LogP contribution in [0.25, 0.3) is 0 Å². The third-order valence-corrected chi connectivity index (χ3v) is 6.66. The number of piperidine rings is 1. The maximum atomic E-state index is 12.7. The van der Waals surface area contributed by atoms with Gasteiger partial charge in [-0.15, -0.1) is 0 Å². The van der Waals surface area contributed by atoms with E-state index in [1.54, 1.807) is 0 Å². The number of rotatable bonds is 3. The number of likely N-dealkylation sites (tertiary alicyclic amines) is 1. The van der Waals surface area contributed by atoms with Gasteiger partial charge < -0.3 is 4.90 Å². The summed E-state index contributed by atoms with van der Waals surface area (Å²) in [5.74, 6) is -0.0675. The lowest BCUT2D eigenvalue weighted by molar-refractivity contribution is -0.138. The van der Waals surface area contributed by atoms with Crippen LogP contribution in [0.3, 0.4) is 0 Å². The Morgan fingerprint density at radius 1 is 1.27 bits per heavy atom. The summed E-state index contributed by atoms with van der Waals surface area (Å²) in [6.07, 6.45) is 5.91. The van der Waals surface area contributed by atoms with E-state index in [0.29, 0.717) is 17.7 Å². The summed E-state index contributed by atoms with van der Waals surface area (Å²) in [5, 5.41) is 0. The zero-order valence-electron chi connectivity index (χ0n) is 15.5. The molecule has 0 N–H and O–H groups in total. The van der Waals surface area contributed by atoms with Crippen molar-refractivity contribution in [3.8, 4) is 0 Å². The topological polar surface area (TPSA) is 92.6 Å². The molecule has 1 amide bonds. The molecule has 1 aromatic rings. The van der Waals surface area contributed by atoms with Crippen molar-refractivity contribution in [2.24, 2.45) is 0 Å². The Morgan fingerprint density at radius 2 is 1.92 bits per heavy atom. The molecule has 0 bridgehead atoms. The Kier molecular flexibility index (Phi) is 5.21. The maximum Gasteiger partial charge on any atom is 0.257 e. The van der Waals surface area contributed by atoms with Gasteiger partial charge in [-0.05, 0) is 39.5 Å². The molecule has 0 saturated carbocycles. The highest BCUT2D eigenvalue weighted by Crippen LogP contribution is 2.23. The van der Waals surface area contributed by atoms with E-state index in [-0.39, 0.29) is 43.2 Å². The smallest absolute Gasteiger partial charge is 0.257 e. The number of hydrogen-bond donors (Lipinski definition) is 0. The Bertz CT molecular complexity index is 854. The van der Waals surface area contributed by atoms with E-state index in [1.165, 1.54) is 15.2 Å². The van der Waals surface area contributed by atoms with Gasteiger partial charge in [-0.1, -0.05) is 0 Å². The van der Waals surface area contributed by atoms with Crippen LogP contribution < -0.4 is 5.56 Å². The molecule has 2 unspecified atom stereocenters. The van der Waals surface area contributed by atoms with Crippen LogP contribution in [0.5, 0.6) is 0 Å². The van der Waals surface area contributed by atoms with Crippen LogP contribution in [0.4, 0.5) is 0 Å². The average molecular weight is 382 g/mol. The van der Waals surface area contributed by atoms with E-state index in [2.05, 4.69) is 4.98 Å². The molecule has 2 aliphatic heterocycles. The first kappa shape index (κ1) is 19.0. The molecule has 2 atom stereocenters. The Labute approximate surface area is 153 Å². The van der Waals surface area contributed by atoms with E-state index in [0.717, 1.165) is 25.5 Å². The number of amides is 1. The molecule has 8 nitrogen and oxygen atoms in total. The summed E-state index contributed by atoms with van der Waals surface area (Å²) in [6, 6.07) is 0.353. The van der Waals surface area contributed by atoms with Crippen LogP contribution >= 0.6 is 0 Å². The molecule has 0 radical (unpaired) electrons. The number of fused-ring (bicyclic) bond motifs is 1. The van der Waals surface area contributed by atoms with Gasteiger partial charge in [-0.25, -0.2) is 13.4 Å². The second-order valence-corrected chi connectivity index (χ2v) is 9.36. The predicted octanol–water partition coefficient (Wildman–Crippen LogP) is 0.351. The zero-order valence-corrected chi connectivity index (χ0v) is 16.3. The molecule has 1 aromatic heterocycles. The van der Waals surface area contributed by atoms with Gasteiger partial charge in [0.25, 0.3) is 5.56 Å². The van der Waals surface area contributed by atoms with E-state index >= 15 is 0 Å². The summed E-state index contributed by atoms with van der Waals surface area (Å²) >= 11 is 0. The minimum absolute atomic E-state index is 0.0242. The Morgan fingerprint density at radius 3 is 2.54 bits per heavy atom.